The Morgan fingerprint density at radius 1 is 0.689 bits per heavy atom. The minimum atomic E-state index is -4.38. The number of rotatable bonds is 31. The van der Waals surface area contributed by atoms with E-state index in [2.05, 4.69) is 60.8 Å². The van der Waals surface area contributed by atoms with Crippen LogP contribution in [0.1, 0.15) is 129 Å². The van der Waals surface area contributed by atoms with Crippen LogP contribution in [0.4, 0.5) is 0 Å². The molecule has 0 radical (unpaired) electrons. The van der Waals surface area contributed by atoms with Gasteiger partial charge in [0.25, 0.3) is 0 Å². The highest BCUT2D eigenvalue weighted by molar-refractivity contribution is 7.47. The largest absolute Gasteiger partial charge is 0.472 e. The first-order valence-electron chi connectivity index (χ1n) is 17.1. The maximum Gasteiger partial charge on any atom is 0.472 e. The molecule has 2 atom stereocenters. The van der Waals surface area contributed by atoms with Crippen molar-refractivity contribution in [1.82, 2.24) is 5.32 Å². The van der Waals surface area contributed by atoms with E-state index in [1.54, 1.807) is 0 Å². The van der Waals surface area contributed by atoms with Gasteiger partial charge in [-0.1, -0.05) is 107 Å². The van der Waals surface area contributed by atoms with Crippen LogP contribution in [0.2, 0.25) is 0 Å². The number of phosphoric acid groups is 1. The predicted molar refractivity (Wildman–Crippen MR) is 183 cm³/mol. The van der Waals surface area contributed by atoms with E-state index in [-0.39, 0.29) is 32.1 Å². The zero-order valence-electron chi connectivity index (χ0n) is 28.0. The number of unbranched alkanes of at least 4 members (excludes halogenated alkanes) is 10. The average Bonchev–Trinajstić information content (AvgIpc) is 3.01. The summed E-state index contributed by atoms with van der Waals surface area (Å²) in [5, 5.41) is 12.4. The van der Waals surface area contributed by atoms with E-state index < -0.39 is 26.5 Å². The fraction of sp³-hybridized carbons (Fsp3) is 0.714. The molecule has 2 unspecified atom stereocenters. The topological polar surface area (TPSA) is 131 Å². The summed E-state index contributed by atoms with van der Waals surface area (Å²) in [5.74, 6) is -0.587. The van der Waals surface area contributed by atoms with Crippen LogP contribution in [-0.4, -0.2) is 54.3 Å². The Kier molecular flexibility index (Phi) is 30.5. The molecule has 0 spiro atoms. The van der Waals surface area contributed by atoms with Gasteiger partial charge in [0.15, 0.2) is 0 Å². The van der Waals surface area contributed by atoms with Crippen molar-refractivity contribution in [2.45, 2.75) is 136 Å². The minimum absolute atomic E-state index is 0.0691. The number of aliphatic hydroxyl groups excluding tert-OH is 1. The van der Waals surface area contributed by atoms with Gasteiger partial charge in [0.05, 0.1) is 13.2 Å². The highest BCUT2D eigenvalue weighted by Crippen LogP contribution is 2.42. The Labute approximate surface area is 273 Å². The van der Waals surface area contributed by atoms with E-state index in [1.807, 2.05) is 6.92 Å². The fourth-order valence-electron chi connectivity index (χ4n) is 4.17. The second kappa shape index (κ2) is 31.9. The van der Waals surface area contributed by atoms with Crippen LogP contribution in [0, 0.1) is 0 Å². The maximum atomic E-state index is 11.9. The summed E-state index contributed by atoms with van der Waals surface area (Å²) < 4.78 is 26.3. The molecule has 9 nitrogen and oxygen atoms in total. The number of carbonyl (C=O) groups is 2. The Balaban J connectivity index is 3.59. The number of esters is 1. The lowest BCUT2D eigenvalue weighted by molar-refractivity contribution is -0.147. The monoisotopic (exact) mass is 655 g/mol. The summed E-state index contributed by atoms with van der Waals surface area (Å²) in [6.45, 7) is 3.11. The van der Waals surface area contributed by atoms with E-state index in [4.69, 9.17) is 13.8 Å². The average molecular weight is 656 g/mol. The predicted octanol–water partition coefficient (Wildman–Crippen LogP) is 8.43. The number of ether oxygens (including phenoxy) is 1. The molecular weight excluding hydrogens is 593 g/mol. The molecule has 0 fully saturated rings. The van der Waals surface area contributed by atoms with Gasteiger partial charge in [-0.3, -0.25) is 18.6 Å². The number of amides is 1. The number of carbonyl (C=O) groups excluding carboxylic acids is 2. The molecule has 0 saturated heterocycles. The van der Waals surface area contributed by atoms with Crippen molar-refractivity contribution in [1.29, 1.82) is 0 Å². The summed E-state index contributed by atoms with van der Waals surface area (Å²) >= 11 is 0. The van der Waals surface area contributed by atoms with Crippen LogP contribution in [0.25, 0.3) is 0 Å². The third-order valence-electron chi connectivity index (χ3n) is 6.73. The smallest absolute Gasteiger partial charge is 0.463 e. The van der Waals surface area contributed by atoms with Gasteiger partial charge in [0, 0.05) is 19.4 Å². The van der Waals surface area contributed by atoms with E-state index in [0.29, 0.717) is 12.8 Å². The third-order valence-corrected chi connectivity index (χ3v) is 7.72. The van der Waals surface area contributed by atoms with Crippen LogP contribution in [0.15, 0.2) is 48.6 Å². The van der Waals surface area contributed by atoms with Crippen molar-refractivity contribution in [2.75, 3.05) is 26.4 Å². The SMILES string of the molecule is CCCCC/C=C\C/C=C\C/C=C\C/C=C\CCCCCCCCCC(=O)OCC(O)COP(=O)(O)OCCNC(=O)CCC. The Bertz CT molecular complexity index is 887. The summed E-state index contributed by atoms with van der Waals surface area (Å²) in [6.07, 6.45) is 34.8. The molecule has 0 aliphatic carbocycles. The van der Waals surface area contributed by atoms with Gasteiger partial charge in [-0.2, -0.15) is 0 Å². The summed E-state index contributed by atoms with van der Waals surface area (Å²) in [7, 11) is -4.38. The van der Waals surface area contributed by atoms with Crippen molar-refractivity contribution < 1.29 is 37.9 Å². The molecule has 260 valence electrons. The van der Waals surface area contributed by atoms with Crippen LogP contribution >= 0.6 is 7.82 Å². The molecule has 45 heavy (non-hydrogen) atoms. The van der Waals surface area contributed by atoms with E-state index in [9.17, 15) is 24.2 Å². The first kappa shape index (κ1) is 43.0. The molecule has 3 N–H and O–H groups in total. The van der Waals surface area contributed by atoms with E-state index in [1.165, 1.54) is 44.9 Å². The molecule has 0 aromatic heterocycles. The Hall–Kier alpha value is -2.03. The number of hydrogen-bond donors (Lipinski definition) is 3. The quantitative estimate of drug-likeness (QED) is 0.0294. The van der Waals surface area contributed by atoms with Crippen LogP contribution < -0.4 is 5.32 Å². The first-order valence-corrected chi connectivity index (χ1v) is 18.6. The van der Waals surface area contributed by atoms with Crippen molar-refractivity contribution in [2.24, 2.45) is 0 Å². The molecule has 1 amide bonds. The number of aliphatic hydroxyl groups is 1. The van der Waals surface area contributed by atoms with Crippen molar-refractivity contribution in [3.8, 4) is 0 Å². The normalized spacial score (nSPS) is 14.1. The van der Waals surface area contributed by atoms with Crippen LogP contribution in [-0.2, 0) is 27.9 Å². The third kappa shape index (κ3) is 33.2. The van der Waals surface area contributed by atoms with Gasteiger partial charge in [0.2, 0.25) is 5.91 Å². The van der Waals surface area contributed by atoms with E-state index in [0.717, 1.165) is 51.4 Å². The molecule has 0 aliphatic heterocycles. The standard InChI is InChI=1S/C35H62NO8P/c1-3-5-6-7-8-9-10-11-12-13-14-15-16-17-18-19-20-21-22-23-24-25-26-28-35(39)42-31-33(37)32-44-45(40,41)43-30-29-36-34(38)27-4-2/h8-9,11-12,14-15,17-18,33,37H,3-7,10,13,16,19-32H2,1-2H3,(H,36,38)(H,40,41)/b9-8-,12-11-,15-14-,18-17-. The molecule has 0 aromatic carbocycles. The summed E-state index contributed by atoms with van der Waals surface area (Å²) in [6, 6.07) is 0. The van der Waals surface area contributed by atoms with Gasteiger partial charge in [-0.25, -0.2) is 4.57 Å². The molecular formula is C35H62NO8P. The van der Waals surface area contributed by atoms with Gasteiger partial charge < -0.3 is 20.1 Å². The first-order chi connectivity index (χ1) is 21.8. The van der Waals surface area contributed by atoms with Gasteiger partial charge >= 0.3 is 13.8 Å². The molecule has 0 rings (SSSR count). The van der Waals surface area contributed by atoms with Crippen LogP contribution in [0.5, 0.6) is 0 Å². The van der Waals surface area contributed by atoms with Gasteiger partial charge in [-0.05, 0) is 57.8 Å². The highest BCUT2D eigenvalue weighted by atomic mass is 31.2. The van der Waals surface area contributed by atoms with Crippen molar-refractivity contribution in [3.63, 3.8) is 0 Å². The lowest BCUT2D eigenvalue weighted by Gasteiger charge is -2.15. The second-order valence-corrected chi connectivity index (χ2v) is 12.6. The van der Waals surface area contributed by atoms with E-state index >= 15 is 0 Å². The molecule has 0 aliphatic rings. The Morgan fingerprint density at radius 2 is 1.22 bits per heavy atom. The number of hydrogen-bond acceptors (Lipinski definition) is 7. The zero-order valence-corrected chi connectivity index (χ0v) is 28.9. The molecule has 10 heteroatoms. The fourth-order valence-corrected chi connectivity index (χ4v) is 4.93. The molecule has 0 heterocycles. The summed E-state index contributed by atoms with van der Waals surface area (Å²) in [4.78, 5) is 32.9. The second-order valence-electron chi connectivity index (χ2n) is 11.1. The van der Waals surface area contributed by atoms with Crippen LogP contribution in [0.3, 0.4) is 0 Å². The number of nitrogens with one attached hydrogen (secondary N) is 1. The number of allylic oxidation sites excluding steroid dienone is 8. The zero-order chi connectivity index (χ0) is 33.3. The summed E-state index contributed by atoms with van der Waals surface area (Å²) in [5.41, 5.74) is 0. The van der Waals surface area contributed by atoms with Gasteiger partial charge in [0.1, 0.15) is 12.7 Å². The van der Waals surface area contributed by atoms with Gasteiger partial charge in [-0.15, -0.1) is 0 Å². The minimum Gasteiger partial charge on any atom is -0.463 e. The number of phosphoric ester groups is 1. The van der Waals surface area contributed by atoms with Crippen molar-refractivity contribution >= 4 is 19.7 Å². The highest BCUT2D eigenvalue weighted by Gasteiger charge is 2.23. The molecule has 0 bridgehead atoms. The molecule has 0 saturated carbocycles. The van der Waals surface area contributed by atoms with Crippen molar-refractivity contribution in [3.05, 3.63) is 48.6 Å². The maximum absolute atomic E-state index is 11.9. The lowest BCUT2D eigenvalue weighted by Crippen LogP contribution is -2.27. The lowest BCUT2D eigenvalue weighted by atomic mass is 10.1. The Morgan fingerprint density at radius 3 is 1.80 bits per heavy atom. The molecule has 0 aromatic rings.